The van der Waals surface area contributed by atoms with Crippen LogP contribution < -0.4 is 5.32 Å². The summed E-state index contributed by atoms with van der Waals surface area (Å²) < 4.78 is 5.41. The highest BCUT2D eigenvalue weighted by Gasteiger charge is 2.18. The molecule has 0 spiro atoms. The van der Waals surface area contributed by atoms with Gasteiger partial charge in [-0.15, -0.1) is 10.2 Å². The molecule has 0 radical (unpaired) electrons. The van der Waals surface area contributed by atoms with Gasteiger partial charge in [-0.3, -0.25) is 19.7 Å². The third-order valence-corrected chi connectivity index (χ3v) is 4.84. The SMILES string of the molecule is Cc1c(C(=O)NCc2nnc(SCC(=O)c3ccccc3)o2)cccc1[N+](=O)[O-]. The Hall–Kier alpha value is -3.53. The number of aromatic nitrogens is 2. The second kappa shape index (κ2) is 9.11. The van der Waals surface area contributed by atoms with E-state index in [9.17, 15) is 19.7 Å². The maximum absolute atomic E-state index is 12.3. The maximum atomic E-state index is 12.3. The molecule has 0 bridgehead atoms. The average Bonchev–Trinajstić information content (AvgIpc) is 3.18. The number of amides is 1. The third kappa shape index (κ3) is 5.05. The molecule has 9 nitrogen and oxygen atoms in total. The molecule has 1 N–H and O–H groups in total. The van der Waals surface area contributed by atoms with E-state index in [1.165, 1.54) is 25.1 Å². The molecule has 1 heterocycles. The van der Waals surface area contributed by atoms with Gasteiger partial charge in [0.05, 0.1) is 17.2 Å². The number of Topliss-reactive ketones (excluding diaryl/α,β-unsaturated/α-hetero) is 1. The molecule has 2 aromatic carbocycles. The van der Waals surface area contributed by atoms with Crippen LogP contribution >= 0.6 is 11.8 Å². The minimum absolute atomic E-state index is 0.0405. The molecule has 0 aliphatic carbocycles. The van der Waals surface area contributed by atoms with E-state index in [0.717, 1.165) is 11.8 Å². The Morgan fingerprint density at radius 3 is 2.62 bits per heavy atom. The zero-order valence-corrected chi connectivity index (χ0v) is 16.1. The van der Waals surface area contributed by atoms with Gasteiger partial charge < -0.3 is 9.73 Å². The van der Waals surface area contributed by atoms with Gasteiger partial charge in [0.2, 0.25) is 5.89 Å². The fraction of sp³-hybridized carbons (Fsp3) is 0.158. The molecule has 148 valence electrons. The molecule has 0 unspecified atom stereocenters. The van der Waals surface area contributed by atoms with E-state index in [1.54, 1.807) is 24.3 Å². The molecule has 0 atom stereocenters. The number of nitrogens with zero attached hydrogens (tertiary/aromatic N) is 3. The van der Waals surface area contributed by atoms with E-state index in [-0.39, 0.29) is 46.0 Å². The van der Waals surface area contributed by atoms with Crippen molar-refractivity contribution in [2.75, 3.05) is 5.75 Å². The van der Waals surface area contributed by atoms with Gasteiger partial charge in [-0.2, -0.15) is 0 Å². The number of benzene rings is 2. The van der Waals surface area contributed by atoms with Gasteiger partial charge >= 0.3 is 0 Å². The lowest BCUT2D eigenvalue weighted by molar-refractivity contribution is -0.385. The van der Waals surface area contributed by atoms with Gasteiger partial charge in [0.25, 0.3) is 16.8 Å². The smallest absolute Gasteiger partial charge is 0.277 e. The summed E-state index contributed by atoms with van der Waals surface area (Å²) in [4.78, 5) is 34.9. The van der Waals surface area contributed by atoms with Gasteiger partial charge in [-0.25, -0.2) is 0 Å². The fourth-order valence-electron chi connectivity index (χ4n) is 2.52. The lowest BCUT2D eigenvalue weighted by Crippen LogP contribution is -2.24. The Morgan fingerprint density at radius 1 is 1.14 bits per heavy atom. The van der Waals surface area contributed by atoms with E-state index in [4.69, 9.17) is 4.42 Å². The summed E-state index contributed by atoms with van der Waals surface area (Å²) in [7, 11) is 0. The number of thioether (sulfide) groups is 1. The number of ketones is 1. The number of nitrogens with one attached hydrogen (secondary N) is 1. The molecule has 10 heteroatoms. The topological polar surface area (TPSA) is 128 Å². The lowest BCUT2D eigenvalue weighted by atomic mass is 10.1. The molecule has 3 aromatic rings. The van der Waals surface area contributed by atoms with Crippen molar-refractivity contribution in [3.05, 3.63) is 81.2 Å². The first kappa shape index (κ1) is 20.2. The van der Waals surface area contributed by atoms with Crippen LogP contribution in [-0.4, -0.2) is 32.6 Å². The number of nitro groups is 1. The minimum Gasteiger partial charge on any atom is -0.414 e. The van der Waals surface area contributed by atoms with Crippen molar-refractivity contribution >= 4 is 29.1 Å². The number of hydrogen-bond donors (Lipinski definition) is 1. The zero-order chi connectivity index (χ0) is 20.8. The van der Waals surface area contributed by atoms with Crippen LogP contribution in [0.15, 0.2) is 58.2 Å². The van der Waals surface area contributed by atoms with E-state index in [2.05, 4.69) is 15.5 Å². The van der Waals surface area contributed by atoms with E-state index < -0.39 is 10.8 Å². The molecule has 3 rings (SSSR count). The molecule has 0 saturated carbocycles. The maximum Gasteiger partial charge on any atom is 0.277 e. The van der Waals surface area contributed by atoms with Gasteiger partial charge in [-0.1, -0.05) is 48.2 Å². The molecular weight excluding hydrogens is 396 g/mol. The third-order valence-electron chi connectivity index (χ3n) is 4.02. The second-order valence-corrected chi connectivity index (χ2v) is 6.86. The molecule has 0 aliphatic rings. The average molecular weight is 412 g/mol. The predicted molar refractivity (Wildman–Crippen MR) is 105 cm³/mol. The predicted octanol–water partition coefficient (Wildman–Crippen LogP) is 3.19. The van der Waals surface area contributed by atoms with E-state index in [1.807, 2.05) is 6.07 Å². The van der Waals surface area contributed by atoms with E-state index >= 15 is 0 Å². The van der Waals surface area contributed by atoms with Crippen LogP contribution in [0.3, 0.4) is 0 Å². The van der Waals surface area contributed by atoms with Crippen molar-refractivity contribution in [2.45, 2.75) is 18.7 Å². The highest BCUT2D eigenvalue weighted by molar-refractivity contribution is 7.99. The van der Waals surface area contributed by atoms with Crippen molar-refractivity contribution in [1.29, 1.82) is 0 Å². The van der Waals surface area contributed by atoms with Gasteiger partial charge in [0.1, 0.15) is 0 Å². The molecule has 0 saturated heterocycles. The minimum atomic E-state index is -0.537. The fourth-order valence-corrected chi connectivity index (χ4v) is 3.20. The Morgan fingerprint density at radius 2 is 1.90 bits per heavy atom. The number of carbonyl (C=O) groups is 2. The van der Waals surface area contributed by atoms with Crippen LogP contribution in [0.2, 0.25) is 0 Å². The standard InChI is InChI=1S/C19H16N4O5S/c1-12-14(8-5-9-15(12)23(26)27)18(25)20-10-17-21-22-19(28-17)29-11-16(24)13-6-3-2-4-7-13/h2-9H,10-11H2,1H3,(H,20,25). The van der Waals surface area contributed by atoms with Crippen LogP contribution in [0.5, 0.6) is 0 Å². The molecule has 29 heavy (non-hydrogen) atoms. The van der Waals surface area contributed by atoms with Crippen molar-refractivity contribution in [3.8, 4) is 0 Å². The van der Waals surface area contributed by atoms with Gasteiger partial charge in [0.15, 0.2) is 5.78 Å². The second-order valence-electron chi connectivity index (χ2n) is 5.93. The summed E-state index contributed by atoms with van der Waals surface area (Å²) >= 11 is 1.10. The molecular formula is C19H16N4O5S. The number of rotatable bonds is 8. The molecule has 1 aromatic heterocycles. The van der Waals surface area contributed by atoms with Crippen LogP contribution in [-0.2, 0) is 6.54 Å². The molecule has 1 amide bonds. The van der Waals surface area contributed by atoms with Crippen LogP contribution in [0, 0.1) is 17.0 Å². The number of hydrogen-bond acceptors (Lipinski definition) is 8. The van der Waals surface area contributed by atoms with Crippen molar-refractivity contribution in [1.82, 2.24) is 15.5 Å². The van der Waals surface area contributed by atoms with Crippen molar-refractivity contribution in [2.24, 2.45) is 0 Å². The summed E-state index contributed by atoms with van der Waals surface area (Å²) in [5.41, 5.74) is 0.939. The van der Waals surface area contributed by atoms with Gasteiger partial charge in [0, 0.05) is 22.8 Å². The lowest BCUT2D eigenvalue weighted by Gasteiger charge is -2.06. The van der Waals surface area contributed by atoms with Crippen LogP contribution in [0.1, 0.15) is 32.2 Å². The Balaban J connectivity index is 1.55. The summed E-state index contributed by atoms with van der Waals surface area (Å²) in [5, 5.41) is 21.5. The summed E-state index contributed by atoms with van der Waals surface area (Å²) in [6, 6.07) is 13.2. The molecule has 0 aliphatic heterocycles. The Labute approximate surface area is 169 Å². The summed E-state index contributed by atoms with van der Waals surface area (Å²) in [6.07, 6.45) is 0. The summed E-state index contributed by atoms with van der Waals surface area (Å²) in [6.45, 7) is 1.47. The number of carbonyl (C=O) groups excluding carboxylic acids is 2. The molecule has 0 fully saturated rings. The highest BCUT2D eigenvalue weighted by atomic mass is 32.2. The quantitative estimate of drug-likeness (QED) is 0.258. The van der Waals surface area contributed by atoms with Crippen LogP contribution in [0.4, 0.5) is 5.69 Å². The monoisotopic (exact) mass is 412 g/mol. The van der Waals surface area contributed by atoms with Gasteiger partial charge in [-0.05, 0) is 13.0 Å². The summed E-state index contributed by atoms with van der Waals surface area (Å²) in [5.74, 6) is -0.246. The van der Waals surface area contributed by atoms with E-state index in [0.29, 0.717) is 5.56 Å². The van der Waals surface area contributed by atoms with Crippen LogP contribution in [0.25, 0.3) is 0 Å². The van der Waals surface area contributed by atoms with Crippen molar-refractivity contribution < 1.29 is 18.9 Å². The Kier molecular flexibility index (Phi) is 6.35. The first-order chi connectivity index (χ1) is 14.0. The largest absolute Gasteiger partial charge is 0.414 e. The van der Waals surface area contributed by atoms with Crippen molar-refractivity contribution in [3.63, 3.8) is 0 Å². The number of nitro benzene ring substituents is 1. The normalized spacial score (nSPS) is 10.5. The highest BCUT2D eigenvalue weighted by Crippen LogP contribution is 2.21. The first-order valence-corrected chi connectivity index (χ1v) is 9.50. The Bertz CT molecular complexity index is 1050. The first-order valence-electron chi connectivity index (χ1n) is 8.51. The zero-order valence-electron chi connectivity index (χ0n) is 15.3.